The number of nitrogens with one attached hydrogen (secondary N) is 3. The second-order valence-electron chi connectivity index (χ2n) is 7.56. The van der Waals surface area contributed by atoms with Gasteiger partial charge in [-0.25, -0.2) is 14.7 Å². The number of nitrogens with two attached hydrogens (primary N) is 1. The third kappa shape index (κ3) is 8.10. The molecule has 3 rings (SSSR count). The van der Waals surface area contributed by atoms with Crippen molar-refractivity contribution in [3.05, 3.63) is 72.4 Å². The molecule has 0 aliphatic carbocycles. The molecule has 0 fully saturated rings. The van der Waals surface area contributed by atoms with Crippen molar-refractivity contribution in [3.63, 3.8) is 0 Å². The van der Waals surface area contributed by atoms with Gasteiger partial charge in [-0.15, -0.1) is 0 Å². The number of unbranched alkanes of at least 4 members (excludes halogenated alkanes) is 1. The third-order valence-corrected chi connectivity index (χ3v) is 5.54. The standard InChI is InChI=1S/C23H27N5O5S/c24-34(31,32)26-15-5-4-12-20(28-23(30)33-16-17-8-2-1-3-9-17)22(29)27-19-13-6-10-18-11-7-14-25-21(18)19/h1-3,6-11,13-14,20,26H,4-5,12,15-16H2,(H,27,29)(H,28,30)(H2,24,31,32)/t20-/m0/s1. The van der Waals surface area contributed by atoms with E-state index in [2.05, 4.69) is 20.3 Å². The molecule has 0 aliphatic rings. The summed E-state index contributed by atoms with van der Waals surface area (Å²) >= 11 is 0. The Hall–Kier alpha value is -3.54. The van der Waals surface area contributed by atoms with Gasteiger partial charge in [0.15, 0.2) is 0 Å². The first-order chi connectivity index (χ1) is 16.3. The summed E-state index contributed by atoms with van der Waals surface area (Å²) in [5, 5.41) is 11.2. The Morgan fingerprint density at radius 1 is 1.00 bits per heavy atom. The number of hydrogen-bond donors (Lipinski definition) is 4. The van der Waals surface area contributed by atoms with E-state index in [-0.39, 0.29) is 19.6 Å². The summed E-state index contributed by atoms with van der Waals surface area (Å²) in [7, 11) is -3.78. The summed E-state index contributed by atoms with van der Waals surface area (Å²) in [6.07, 6.45) is 2.04. The van der Waals surface area contributed by atoms with Crippen LogP contribution < -0.4 is 20.5 Å². The van der Waals surface area contributed by atoms with Gasteiger partial charge in [0, 0.05) is 18.1 Å². The number of pyridine rings is 1. The first-order valence-electron chi connectivity index (χ1n) is 10.7. The van der Waals surface area contributed by atoms with Crippen molar-refractivity contribution in [1.82, 2.24) is 15.0 Å². The van der Waals surface area contributed by atoms with Gasteiger partial charge in [-0.2, -0.15) is 8.42 Å². The van der Waals surface area contributed by atoms with Gasteiger partial charge < -0.3 is 15.4 Å². The number of aromatic nitrogens is 1. The van der Waals surface area contributed by atoms with Gasteiger partial charge in [0.25, 0.3) is 10.2 Å². The fourth-order valence-corrected chi connectivity index (χ4v) is 3.72. The molecular weight excluding hydrogens is 458 g/mol. The molecule has 3 aromatic rings. The Bertz CT molecular complexity index is 1220. The molecule has 11 heteroatoms. The number of amides is 2. The Morgan fingerprint density at radius 3 is 2.53 bits per heavy atom. The zero-order chi connectivity index (χ0) is 24.4. The van der Waals surface area contributed by atoms with E-state index in [1.54, 1.807) is 24.4 Å². The summed E-state index contributed by atoms with van der Waals surface area (Å²) in [5.41, 5.74) is 1.96. The minimum absolute atomic E-state index is 0.0620. The van der Waals surface area contributed by atoms with Crippen LogP contribution in [0.1, 0.15) is 24.8 Å². The van der Waals surface area contributed by atoms with E-state index in [0.29, 0.717) is 24.0 Å². The average molecular weight is 486 g/mol. The SMILES string of the molecule is NS(=O)(=O)NCCCC[C@H](NC(=O)OCc1ccccc1)C(=O)Nc1cccc2cccnc12. The summed E-state index contributed by atoms with van der Waals surface area (Å²) in [6.45, 7) is 0.186. The number of benzene rings is 2. The maximum Gasteiger partial charge on any atom is 0.408 e. The molecule has 0 spiro atoms. The van der Waals surface area contributed by atoms with Crippen LogP contribution in [-0.4, -0.2) is 38.0 Å². The van der Waals surface area contributed by atoms with Crippen molar-refractivity contribution in [2.75, 3.05) is 11.9 Å². The Balaban J connectivity index is 1.64. The molecular formula is C23H27N5O5S. The lowest BCUT2D eigenvalue weighted by atomic mass is 10.1. The fourth-order valence-electron chi connectivity index (χ4n) is 3.29. The molecule has 5 N–H and O–H groups in total. The van der Waals surface area contributed by atoms with Crippen molar-refractivity contribution in [1.29, 1.82) is 0 Å². The second-order valence-corrected chi connectivity index (χ2v) is 8.94. The van der Waals surface area contributed by atoms with Crippen molar-refractivity contribution >= 4 is 38.8 Å². The van der Waals surface area contributed by atoms with Crippen LogP contribution >= 0.6 is 0 Å². The summed E-state index contributed by atoms with van der Waals surface area (Å²) in [6, 6.07) is 17.4. The number of hydrogen-bond acceptors (Lipinski definition) is 6. The molecule has 2 aromatic carbocycles. The molecule has 0 unspecified atom stereocenters. The molecule has 0 aliphatic heterocycles. The maximum absolute atomic E-state index is 13.0. The number of carbonyl (C=O) groups is 2. The zero-order valence-corrected chi connectivity index (χ0v) is 19.3. The number of anilines is 1. The summed E-state index contributed by atoms with van der Waals surface area (Å²) in [4.78, 5) is 29.8. The van der Waals surface area contributed by atoms with Crippen molar-refractivity contribution in [2.45, 2.75) is 31.9 Å². The lowest BCUT2D eigenvalue weighted by Gasteiger charge is -2.19. The van der Waals surface area contributed by atoms with E-state index in [1.807, 2.05) is 42.5 Å². The lowest BCUT2D eigenvalue weighted by Crippen LogP contribution is -2.44. The Labute approximate surface area is 198 Å². The number of carbonyl (C=O) groups excluding carboxylic acids is 2. The zero-order valence-electron chi connectivity index (χ0n) is 18.4. The quantitative estimate of drug-likeness (QED) is 0.306. The molecule has 180 valence electrons. The topological polar surface area (TPSA) is 153 Å². The van der Waals surface area contributed by atoms with Gasteiger partial charge in [0.2, 0.25) is 5.91 Å². The smallest absolute Gasteiger partial charge is 0.408 e. The highest BCUT2D eigenvalue weighted by Crippen LogP contribution is 2.21. The van der Waals surface area contributed by atoms with E-state index in [4.69, 9.17) is 9.88 Å². The van der Waals surface area contributed by atoms with Crippen molar-refractivity contribution < 1.29 is 22.7 Å². The van der Waals surface area contributed by atoms with Crippen molar-refractivity contribution in [3.8, 4) is 0 Å². The van der Waals surface area contributed by atoms with Gasteiger partial charge in [-0.1, -0.05) is 48.5 Å². The molecule has 2 amide bonds. The van der Waals surface area contributed by atoms with Crippen molar-refractivity contribution in [2.24, 2.45) is 5.14 Å². The molecule has 0 saturated heterocycles. The van der Waals surface area contributed by atoms with E-state index in [9.17, 15) is 18.0 Å². The van der Waals surface area contributed by atoms with Gasteiger partial charge in [-0.05, 0) is 37.0 Å². The number of fused-ring (bicyclic) bond motifs is 1. The largest absolute Gasteiger partial charge is 0.445 e. The van der Waals surface area contributed by atoms with Crippen LogP contribution in [0, 0.1) is 0 Å². The van der Waals surface area contributed by atoms with Crippen LogP contribution in [0.4, 0.5) is 10.5 Å². The first-order valence-corrected chi connectivity index (χ1v) is 12.3. The second kappa shape index (κ2) is 12.1. The highest BCUT2D eigenvalue weighted by Gasteiger charge is 2.22. The van der Waals surface area contributed by atoms with Gasteiger partial charge in [-0.3, -0.25) is 9.78 Å². The molecule has 34 heavy (non-hydrogen) atoms. The molecule has 0 saturated carbocycles. The Kier molecular flexibility index (Phi) is 8.91. The molecule has 10 nitrogen and oxygen atoms in total. The van der Waals surface area contributed by atoms with Gasteiger partial charge in [0.05, 0.1) is 11.2 Å². The highest BCUT2D eigenvalue weighted by molar-refractivity contribution is 7.87. The molecule has 0 bridgehead atoms. The maximum atomic E-state index is 13.0. The first kappa shape index (κ1) is 25.1. The van der Waals surface area contributed by atoms with Crippen LogP contribution in [-0.2, 0) is 26.3 Å². The van der Waals surface area contributed by atoms with E-state index in [0.717, 1.165) is 10.9 Å². The summed E-state index contributed by atoms with van der Waals surface area (Å²) in [5.74, 6) is -0.436. The molecule has 1 atom stereocenters. The number of ether oxygens (including phenoxy) is 1. The highest BCUT2D eigenvalue weighted by atomic mass is 32.2. The number of nitrogens with zero attached hydrogens (tertiary/aromatic N) is 1. The molecule has 0 radical (unpaired) electrons. The average Bonchev–Trinajstić information content (AvgIpc) is 2.82. The number of para-hydroxylation sites is 1. The normalized spacial score (nSPS) is 12.1. The van der Waals surface area contributed by atoms with Crippen LogP contribution in [0.2, 0.25) is 0 Å². The predicted octanol–water partition coefficient (Wildman–Crippen LogP) is 2.43. The number of rotatable bonds is 11. The van der Waals surface area contributed by atoms with Crippen LogP contribution in [0.3, 0.4) is 0 Å². The lowest BCUT2D eigenvalue weighted by molar-refractivity contribution is -0.118. The van der Waals surface area contributed by atoms with Gasteiger partial charge in [0.1, 0.15) is 12.6 Å². The molecule has 1 aromatic heterocycles. The molecule has 1 heterocycles. The van der Waals surface area contributed by atoms with Crippen LogP contribution in [0.15, 0.2) is 66.9 Å². The van der Waals surface area contributed by atoms with E-state index in [1.165, 1.54) is 0 Å². The third-order valence-electron chi connectivity index (χ3n) is 4.93. The fraction of sp³-hybridized carbons (Fsp3) is 0.261. The number of alkyl carbamates (subject to hydrolysis) is 1. The van der Waals surface area contributed by atoms with E-state index < -0.39 is 28.3 Å². The minimum atomic E-state index is -3.78. The monoisotopic (exact) mass is 485 g/mol. The van der Waals surface area contributed by atoms with Gasteiger partial charge >= 0.3 is 6.09 Å². The minimum Gasteiger partial charge on any atom is -0.445 e. The van der Waals surface area contributed by atoms with Crippen LogP contribution in [0.5, 0.6) is 0 Å². The van der Waals surface area contributed by atoms with E-state index >= 15 is 0 Å². The summed E-state index contributed by atoms with van der Waals surface area (Å²) < 4.78 is 29.5. The predicted molar refractivity (Wildman–Crippen MR) is 129 cm³/mol. The van der Waals surface area contributed by atoms with Crippen LogP contribution in [0.25, 0.3) is 10.9 Å². The Morgan fingerprint density at radius 2 is 1.76 bits per heavy atom.